The molecule has 0 bridgehead atoms. The van der Waals surface area contributed by atoms with Gasteiger partial charge in [0.15, 0.2) is 0 Å². The Morgan fingerprint density at radius 1 is 1.63 bits per heavy atom. The minimum Gasteiger partial charge on any atom is -0.465 e. The lowest BCUT2D eigenvalue weighted by Gasteiger charge is -2.31. The van der Waals surface area contributed by atoms with E-state index in [-0.39, 0.29) is 5.69 Å². The average molecular weight is 352 g/mol. The van der Waals surface area contributed by atoms with E-state index in [1.54, 1.807) is 12.1 Å². The van der Waals surface area contributed by atoms with E-state index in [0.29, 0.717) is 5.02 Å². The summed E-state index contributed by atoms with van der Waals surface area (Å²) < 4.78 is -1.60. The fourth-order valence-electron chi connectivity index (χ4n) is 1.51. The standard InChI is InChI=1S/C11H12BrClN2O4/c1-7(11(2,12)15(18)19)14(10(16)17)9-5-3-4-8(13)6-9/h3-7H,1-2H3,(H,16,17). The number of benzene rings is 1. The van der Waals surface area contributed by atoms with Crippen LogP contribution in [0.1, 0.15) is 13.8 Å². The van der Waals surface area contributed by atoms with Gasteiger partial charge < -0.3 is 5.11 Å². The molecule has 0 aromatic heterocycles. The number of nitro groups is 1. The summed E-state index contributed by atoms with van der Waals surface area (Å²) in [5, 5.41) is 20.6. The van der Waals surface area contributed by atoms with Crippen molar-refractivity contribution in [3.05, 3.63) is 39.4 Å². The maximum Gasteiger partial charge on any atom is 0.412 e. The molecule has 0 saturated heterocycles. The van der Waals surface area contributed by atoms with Crippen LogP contribution >= 0.6 is 27.5 Å². The predicted octanol–water partition coefficient (Wildman–Crippen LogP) is 3.60. The van der Waals surface area contributed by atoms with Gasteiger partial charge in [-0.1, -0.05) is 17.7 Å². The second-order valence-corrected chi connectivity index (χ2v) is 6.13. The fourth-order valence-corrected chi connectivity index (χ4v) is 1.90. The maximum absolute atomic E-state index is 11.4. The molecular weight excluding hydrogens is 339 g/mol. The van der Waals surface area contributed by atoms with E-state index in [0.717, 1.165) is 4.90 Å². The Hall–Kier alpha value is -1.34. The number of anilines is 1. The largest absolute Gasteiger partial charge is 0.465 e. The highest BCUT2D eigenvalue weighted by Crippen LogP contribution is 2.31. The zero-order chi connectivity index (χ0) is 14.8. The summed E-state index contributed by atoms with van der Waals surface area (Å²) in [4.78, 5) is 22.7. The van der Waals surface area contributed by atoms with Crippen molar-refractivity contribution in [3.8, 4) is 0 Å². The van der Waals surface area contributed by atoms with Crippen LogP contribution in [0.25, 0.3) is 0 Å². The molecule has 0 aliphatic rings. The van der Waals surface area contributed by atoms with Crippen LogP contribution in [0, 0.1) is 10.1 Å². The maximum atomic E-state index is 11.4. The highest BCUT2D eigenvalue weighted by Gasteiger charge is 2.46. The summed E-state index contributed by atoms with van der Waals surface area (Å²) in [6.45, 7) is 2.75. The van der Waals surface area contributed by atoms with Crippen molar-refractivity contribution in [1.82, 2.24) is 0 Å². The lowest BCUT2D eigenvalue weighted by Crippen LogP contribution is -2.52. The lowest BCUT2D eigenvalue weighted by atomic mass is 10.1. The molecule has 1 rings (SSSR count). The Morgan fingerprint density at radius 3 is 2.63 bits per heavy atom. The van der Waals surface area contributed by atoms with Crippen molar-refractivity contribution in [2.45, 2.75) is 24.3 Å². The molecule has 104 valence electrons. The van der Waals surface area contributed by atoms with Gasteiger partial charge in [0.1, 0.15) is 6.04 Å². The smallest absolute Gasteiger partial charge is 0.412 e. The second-order valence-electron chi connectivity index (χ2n) is 4.09. The zero-order valence-corrected chi connectivity index (χ0v) is 12.6. The van der Waals surface area contributed by atoms with Gasteiger partial charge in [0.25, 0.3) is 4.45 Å². The highest BCUT2D eigenvalue weighted by atomic mass is 79.9. The van der Waals surface area contributed by atoms with Crippen LogP contribution < -0.4 is 4.90 Å². The summed E-state index contributed by atoms with van der Waals surface area (Å²) >= 11 is 8.77. The number of rotatable bonds is 4. The number of nitrogens with zero attached hydrogens (tertiary/aromatic N) is 2. The molecule has 0 radical (unpaired) electrons. The van der Waals surface area contributed by atoms with Crippen molar-refractivity contribution in [1.29, 1.82) is 0 Å². The van der Waals surface area contributed by atoms with Crippen LogP contribution in [-0.4, -0.2) is 26.6 Å². The Kier molecular flexibility index (Phi) is 4.75. The normalized spacial score (nSPS) is 15.4. The van der Waals surface area contributed by atoms with E-state index in [1.165, 1.54) is 26.0 Å². The van der Waals surface area contributed by atoms with Gasteiger partial charge in [0.2, 0.25) is 0 Å². The van der Waals surface area contributed by atoms with E-state index in [1.807, 2.05) is 0 Å². The first kappa shape index (κ1) is 15.7. The van der Waals surface area contributed by atoms with Crippen molar-refractivity contribution in [3.63, 3.8) is 0 Å². The predicted molar refractivity (Wildman–Crippen MR) is 75.7 cm³/mol. The number of carbonyl (C=O) groups is 1. The van der Waals surface area contributed by atoms with Crippen molar-refractivity contribution >= 4 is 39.3 Å². The van der Waals surface area contributed by atoms with Crippen LogP contribution in [0.3, 0.4) is 0 Å². The van der Waals surface area contributed by atoms with Gasteiger partial charge in [0, 0.05) is 38.5 Å². The second kappa shape index (κ2) is 5.75. The molecule has 0 spiro atoms. The van der Waals surface area contributed by atoms with Gasteiger partial charge in [-0.05, 0) is 25.1 Å². The van der Waals surface area contributed by atoms with Gasteiger partial charge >= 0.3 is 6.09 Å². The SMILES string of the molecule is CC(N(C(=O)O)c1cccc(Cl)c1)C(C)(Br)[N+](=O)[O-]. The molecule has 1 aromatic carbocycles. The number of halogens is 2. The Morgan fingerprint density at radius 2 is 2.21 bits per heavy atom. The molecule has 2 atom stereocenters. The first-order valence-corrected chi connectivity index (χ1v) is 6.46. The molecule has 19 heavy (non-hydrogen) atoms. The molecule has 1 aromatic rings. The molecule has 1 N–H and O–H groups in total. The number of hydrogen-bond donors (Lipinski definition) is 1. The third kappa shape index (κ3) is 3.36. The Bertz CT molecular complexity index is 509. The van der Waals surface area contributed by atoms with E-state index in [9.17, 15) is 20.0 Å². The topological polar surface area (TPSA) is 83.7 Å². The molecule has 8 heteroatoms. The molecule has 2 unspecified atom stereocenters. The van der Waals surface area contributed by atoms with Gasteiger partial charge in [-0.3, -0.25) is 15.0 Å². The summed E-state index contributed by atoms with van der Waals surface area (Å²) in [7, 11) is 0. The minimum absolute atomic E-state index is 0.278. The quantitative estimate of drug-likeness (QED) is 0.389. The highest BCUT2D eigenvalue weighted by molar-refractivity contribution is 9.10. The van der Waals surface area contributed by atoms with Gasteiger partial charge in [-0.15, -0.1) is 0 Å². The first-order valence-electron chi connectivity index (χ1n) is 5.29. The minimum atomic E-state index is -1.60. The van der Waals surface area contributed by atoms with Crippen LogP contribution in [-0.2, 0) is 0 Å². The first-order chi connectivity index (χ1) is 8.67. The summed E-state index contributed by atoms with van der Waals surface area (Å²) in [5.74, 6) is 0. The third-order valence-corrected chi connectivity index (χ3v) is 3.99. The van der Waals surface area contributed by atoms with E-state index in [4.69, 9.17) is 11.6 Å². The molecule has 1 amide bonds. The summed E-state index contributed by atoms with van der Waals surface area (Å²) in [6.07, 6.45) is -1.29. The molecular formula is C11H12BrClN2O4. The fraction of sp³-hybridized carbons (Fsp3) is 0.364. The Labute approximate surface area is 123 Å². The van der Waals surface area contributed by atoms with Crippen LogP contribution in [0.15, 0.2) is 24.3 Å². The summed E-state index contributed by atoms with van der Waals surface area (Å²) in [5.41, 5.74) is 0.278. The van der Waals surface area contributed by atoms with E-state index < -0.39 is 21.5 Å². The van der Waals surface area contributed by atoms with Crippen LogP contribution in [0.2, 0.25) is 5.02 Å². The van der Waals surface area contributed by atoms with Crippen LogP contribution in [0.5, 0.6) is 0 Å². The van der Waals surface area contributed by atoms with Gasteiger partial charge in [-0.25, -0.2) is 4.79 Å². The molecule has 6 nitrogen and oxygen atoms in total. The lowest BCUT2D eigenvalue weighted by molar-refractivity contribution is -0.533. The summed E-state index contributed by atoms with van der Waals surface area (Å²) in [6, 6.07) is 5.21. The van der Waals surface area contributed by atoms with Gasteiger partial charge in [-0.2, -0.15) is 0 Å². The van der Waals surface area contributed by atoms with Crippen molar-refractivity contribution in [2.75, 3.05) is 4.90 Å². The van der Waals surface area contributed by atoms with Crippen molar-refractivity contribution in [2.24, 2.45) is 0 Å². The number of hydrogen-bond acceptors (Lipinski definition) is 3. The monoisotopic (exact) mass is 350 g/mol. The Balaban J connectivity index is 3.23. The zero-order valence-electron chi connectivity index (χ0n) is 10.2. The molecule has 0 saturated carbocycles. The average Bonchev–Trinajstić information content (AvgIpc) is 2.28. The number of amides is 1. The third-order valence-electron chi connectivity index (χ3n) is 2.80. The van der Waals surface area contributed by atoms with Crippen molar-refractivity contribution < 1.29 is 14.8 Å². The molecule has 0 fully saturated rings. The van der Waals surface area contributed by atoms with Gasteiger partial charge in [0.05, 0.1) is 0 Å². The number of carboxylic acid groups (broad SMARTS) is 1. The molecule has 0 heterocycles. The molecule has 0 aliphatic heterocycles. The number of alkyl halides is 1. The van der Waals surface area contributed by atoms with E-state index in [2.05, 4.69) is 15.9 Å². The van der Waals surface area contributed by atoms with Crippen LogP contribution in [0.4, 0.5) is 10.5 Å². The molecule has 0 aliphatic carbocycles. The van der Waals surface area contributed by atoms with E-state index >= 15 is 0 Å².